The number of hydrogen-bond acceptors (Lipinski definition) is 5. The highest BCUT2D eigenvalue weighted by atomic mass is 32.1. The van der Waals surface area contributed by atoms with Gasteiger partial charge >= 0.3 is 0 Å². The Labute approximate surface area is 121 Å². The van der Waals surface area contributed by atoms with Crippen molar-refractivity contribution in [2.45, 2.75) is 13.0 Å². The van der Waals surface area contributed by atoms with E-state index < -0.39 is 0 Å². The number of benzene rings is 1. The Hall–Kier alpha value is -1.92. The lowest BCUT2D eigenvalue weighted by Crippen LogP contribution is -2.11. The predicted octanol–water partition coefficient (Wildman–Crippen LogP) is 2.20. The lowest BCUT2D eigenvalue weighted by Gasteiger charge is -2.03. The summed E-state index contributed by atoms with van der Waals surface area (Å²) in [6, 6.07) is 9.65. The van der Waals surface area contributed by atoms with E-state index in [0.717, 1.165) is 16.5 Å². The van der Waals surface area contributed by atoms with Crippen LogP contribution in [0.2, 0.25) is 0 Å². The van der Waals surface area contributed by atoms with Crippen molar-refractivity contribution in [3.63, 3.8) is 0 Å². The molecule has 6 heteroatoms. The number of ether oxygens (including phenoxy) is 2. The molecule has 106 valence electrons. The first-order valence-corrected chi connectivity index (χ1v) is 7.02. The van der Waals surface area contributed by atoms with Crippen LogP contribution in [-0.4, -0.2) is 24.5 Å². The summed E-state index contributed by atoms with van der Waals surface area (Å²) in [5.41, 5.74) is 6.27. The molecule has 0 aliphatic carbocycles. The van der Waals surface area contributed by atoms with Crippen molar-refractivity contribution in [3.8, 4) is 5.75 Å². The zero-order valence-electron chi connectivity index (χ0n) is 11.3. The highest BCUT2D eigenvalue weighted by molar-refractivity contribution is 7.13. The highest BCUT2D eigenvalue weighted by Gasteiger charge is 2.13. The predicted molar refractivity (Wildman–Crippen MR) is 79.5 cm³/mol. The van der Waals surface area contributed by atoms with Gasteiger partial charge in [0.2, 0.25) is 0 Å². The first kappa shape index (κ1) is 14.5. The fourth-order valence-corrected chi connectivity index (χ4v) is 2.63. The maximum Gasteiger partial charge on any atom is 0.135 e. The number of amidine groups is 1. The Bertz CT molecular complexity index is 569. The summed E-state index contributed by atoms with van der Waals surface area (Å²) in [6.45, 7) is 0.909. The Balaban J connectivity index is 1.96. The van der Waals surface area contributed by atoms with Gasteiger partial charge in [-0.1, -0.05) is 18.2 Å². The summed E-state index contributed by atoms with van der Waals surface area (Å²) in [6.07, 6.45) is 0.684. The van der Waals surface area contributed by atoms with Crippen LogP contribution in [0.25, 0.3) is 0 Å². The molecule has 2 aromatic rings. The second-order valence-electron chi connectivity index (χ2n) is 4.14. The number of methoxy groups -OCH3 is 1. The molecule has 0 saturated carbocycles. The van der Waals surface area contributed by atoms with Gasteiger partial charge in [0.25, 0.3) is 0 Å². The average molecular weight is 291 g/mol. The van der Waals surface area contributed by atoms with Gasteiger partial charge in [0, 0.05) is 13.5 Å². The molecule has 0 amide bonds. The van der Waals surface area contributed by atoms with Gasteiger partial charge < -0.3 is 15.2 Å². The van der Waals surface area contributed by atoms with Gasteiger partial charge in [0.1, 0.15) is 11.6 Å². The van der Waals surface area contributed by atoms with E-state index in [1.165, 1.54) is 11.3 Å². The van der Waals surface area contributed by atoms with E-state index in [4.69, 9.17) is 20.6 Å². The molecule has 0 unspecified atom stereocenters. The van der Waals surface area contributed by atoms with Crippen LogP contribution in [0, 0.1) is 5.41 Å². The summed E-state index contributed by atoms with van der Waals surface area (Å²) in [7, 11) is 1.60. The van der Waals surface area contributed by atoms with E-state index >= 15 is 0 Å². The third-order valence-corrected chi connectivity index (χ3v) is 3.79. The maximum atomic E-state index is 7.54. The summed E-state index contributed by atoms with van der Waals surface area (Å²) in [5.74, 6) is 0.873. The lowest BCUT2D eigenvalue weighted by molar-refractivity contribution is 0.181. The van der Waals surface area contributed by atoms with Gasteiger partial charge in [-0.2, -0.15) is 0 Å². The molecule has 1 aromatic carbocycles. The molecule has 0 bridgehead atoms. The van der Waals surface area contributed by atoms with Crippen molar-refractivity contribution in [2.75, 3.05) is 13.7 Å². The molecule has 0 saturated heterocycles. The summed E-state index contributed by atoms with van der Waals surface area (Å²) in [4.78, 5) is 5.13. The van der Waals surface area contributed by atoms with Crippen molar-refractivity contribution < 1.29 is 9.47 Å². The lowest BCUT2D eigenvalue weighted by atomic mass is 10.3. The largest absolute Gasteiger partial charge is 0.493 e. The van der Waals surface area contributed by atoms with Crippen molar-refractivity contribution in [3.05, 3.63) is 45.9 Å². The zero-order valence-corrected chi connectivity index (χ0v) is 12.1. The van der Waals surface area contributed by atoms with Crippen molar-refractivity contribution in [1.29, 1.82) is 5.41 Å². The van der Waals surface area contributed by atoms with Gasteiger partial charge in [-0.05, 0) is 12.1 Å². The molecule has 2 rings (SSSR count). The van der Waals surface area contributed by atoms with Crippen LogP contribution >= 0.6 is 11.3 Å². The summed E-state index contributed by atoms with van der Waals surface area (Å²) < 4.78 is 10.7. The van der Waals surface area contributed by atoms with E-state index in [-0.39, 0.29) is 5.84 Å². The monoisotopic (exact) mass is 291 g/mol. The van der Waals surface area contributed by atoms with E-state index in [1.807, 2.05) is 30.3 Å². The molecular formula is C14H17N3O2S. The number of rotatable bonds is 7. The molecule has 3 N–H and O–H groups in total. The summed E-state index contributed by atoms with van der Waals surface area (Å²) >= 11 is 1.42. The van der Waals surface area contributed by atoms with Gasteiger partial charge in [-0.3, -0.25) is 5.41 Å². The standard InChI is InChI=1S/C14H17N3O2S/c1-18-9-11-13(14(15)16)20-12(17-11)7-8-19-10-5-3-2-4-6-10/h2-6H,7-9H2,1H3,(H3,15,16). The quantitative estimate of drug-likeness (QED) is 0.605. The summed E-state index contributed by atoms with van der Waals surface area (Å²) in [5, 5.41) is 8.44. The van der Waals surface area contributed by atoms with E-state index in [1.54, 1.807) is 7.11 Å². The molecule has 0 aliphatic heterocycles. The Kier molecular flexibility index (Phi) is 5.09. The van der Waals surface area contributed by atoms with E-state index in [2.05, 4.69) is 4.98 Å². The fraction of sp³-hybridized carbons (Fsp3) is 0.286. The van der Waals surface area contributed by atoms with Crippen LogP contribution in [0.1, 0.15) is 15.6 Å². The minimum atomic E-state index is 0.0322. The van der Waals surface area contributed by atoms with Crippen molar-refractivity contribution in [2.24, 2.45) is 5.73 Å². The molecule has 0 fully saturated rings. The number of aromatic nitrogens is 1. The average Bonchev–Trinajstić information content (AvgIpc) is 2.84. The minimum Gasteiger partial charge on any atom is -0.493 e. The second-order valence-corrected chi connectivity index (χ2v) is 5.23. The molecular weight excluding hydrogens is 274 g/mol. The SMILES string of the molecule is COCc1nc(CCOc2ccccc2)sc1C(=N)N. The number of nitrogens with two attached hydrogens (primary N) is 1. The number of hydrogen-bond donors (Lipinski definition) is 2. The smallest absolute Gasteiger partial charge is 0.135 e. The molecule has 1 heterocycles. The molecule has 0 atom stereocenters. The number of thiazole rings is 1. The van der Waals surface area contributed by atoms with Gasteiger partial charge in [0.05, 0.1) is 28.8 Å². The molecule has 20 heavy (non-hydrogen) atoms. The maximum absolute atomic E-state index is 7.54. The number of nitrogens with one attached hydrogen (secondary N) is 1. The van der Waals surface area contributed by atoms with Crippen LogP contribution < -0.4 is 10.5 Å². The minimum absolute atomic E-state index is 0.0322. The fourth-order valence-electron chi connectivity index (χ4n) is 1.73. The molecule has 0 aliphatic rings. The van der Waals surface area contributed by atoms with Gasteiger partial charge in [0.15, 0.2) is 0 Å². The molecule has 0 spiro atoms. The van der Waals surface area contributed by atoms with Crippen LogP contribution in [0.5, 0.6) is 5.75 Å². The van der Waals surface area contributed by atoms with E-state index in [9.17, 15) is 0 Å². The molecule has 0 radical (unpaired) electrons. The molecule has 1 aromatic heterocycles. The Morgan fingerprint density at radius 3 is 2.75 bits per heavy atom. The first-order chi connectivity index (χ1) is 9.70. The molecule has 5 nitrogen and oxygen atoms in total. The third kappa shape index (κ3) is 3.79. The third-order valence-electron chi connectivity index (χ3n) is 2.60. The van der Waals surface area contributed by atoms with Crippen LogP contribution in [0.3, 0.4) is 0 Å². The Morgan fingerprint density at radius 2 is 2.10 bits per heavy atom. The topological polar surface area (TPSA) is 81.2 Å². The normalized spacial score (nSPS) is 10.4. The van der Waals surface area contributed by atoms with Gasteiger partial charge in [-0.15, -0.1) is 11.3 Å². The van der Waals surface area contributed by atoms with E-state index in [0.29, 0.717) is 24.5 Å². The number of nitrogen functional groups attached to an aromatic ring is 1. The van der Waals surface area contributed by atoms with Crippen molar-refractivity contribution in [1.82, 2.24) is 4.98 Å². The first-order valence-electron chi connectivity index (χ1n) is 6.20. The number of para-hydroxylation sites is 1. The number of nitrogens with zero attached hydrogens (tertiary/aromatic N) is 1. The second kappa shape index (κ2) is 7.02. The zero-order chi connectivity index (χ0) is 14.4. The Morgan fingerprint density at radius 1 is 1.35 bits per heavy atom. The van der Waals surface area contributed by atoms with Crippen LogP contribution in [0.4, 0.5) is 0 Å². The van der Waals surface area contributed by atoms with Gasteiger partial charge in [-0.25, -0.2) is 4.98 Å². The van der Waals surface area contributed by atoms with Crippen LogP contribution in [-0.2, 0) is 17.8 Å². The highest BCUT2D eigenvalue weighted by Crippen LogP contribution is 2.20. The van der Waals surface area contributed by atoms with Crippen molar-refractivity contribution >= 4 is 17.2 Å². The van der Waals surface area contributed by atoms with Crippen LogP contribution in [0.15, 0.2) is 30.3 Å².